The number of halogens is 1. The van der Waals surface area contributed by atoms with E-state index in [9.17, 15) is 10.1 Å². The van der Waals surface area contributed by atoms with Crippen LogP contribution in [0.4, 0.5) is 17.2 Å². The van der Waals surface area contributed by atoms with Gasteiger partial charge >= 0.3 is 0 Å². The smallest absolute Gasteiger partial charge is 0.284 e. The van der Waals surface area contributed by atoms with Crippen LogP contribution < -0.4 is 4.90 Å². The minimum atomic E-state index is -0.423. The molecule has 2 heterocycles. The van der Waals surface area contributed by atoms with E-state index in [2.05, 4.69) is 20.9 Å². The Morgan fingerprint density at radius 1 is 1.13 bits per heavy atom. The molecule has 0 amide bonds. The van der Waals surface area contributed by atoms with Crippen LogP contribution in [0, 0.1) is 10.1 Å². The normalized spacial score (nSPS) is 11.3. The van der Waals surface area contributed by atoms with Crippen LogP contribution in [0.25, 0.3) is 16.9 Å². The maximum atomic E-state index is 11.2. The van der Waals surface area contributed by atoms with Gasteiger partial charge in [0.15, 0.2) is 5.82 Å². The molecule has 2 aromatic heterocycles. The Morgan fingerprint density at radius 3 is 2.60 bits per heavy atom. The summed E-state index contributed by atoms with van der Waals surface area (Å²) in [5, 5.41) is 11.2. The summed E-state index contributed by atoms with van der Waals surface area (Å²) < 4.78 is 2.33. The molecule has 0 spiro atoms. The summed E-state index contributed by atoms with van der Waals surface area (Å²) in [6, 6.07) is 18.8. The zero-order valence-electron chi connectivity index (χ0n) is 16.4. The fourth-order valence-corrected chi connectivity index (χ4v) is 3.49. The Kier molecular flexibility index (Phi) is 5.33. The van der Waals surface area contributed by atoms with Crippen LogP contribution in [0.1, 0.15) is 5.56 Å². The Bertz CT molecular complexity index is 1260. The maximum Gasteiger partial charge on any atom is 0.284 e. The quantitative estimate of drug-likeness (QED) is 0.222. The van der Waals surface area contributed by atoms with Gasteiger partial charge in [0.25, 0.3) is 5.69 Å². The molecule has 30 heavy (non-hydrogen) atoms. The van der Waals surface area contributed by atoms with Gasteiger partial charge < -0.3 is 4.90 Å². The van der Waals surface area contributed by atoms with E-state index in [1.54, 1.807) is 18.3 Å². The van der Waals surface area contributed by atoms with Gasteiger partial charge in [0, 0.05) is 43.8 Å². The molecule has 0 N–H and O–H groups in total. The second-order valence-corrected chi connectivity index (χ2v) is 7.73. The topological polar surface area (TPSA) is 76.0 Å². The summed E-state index contributed by atoms with van der Waals surface area (Å²) in [5.74, 6) is 0.661. The van der Waals surface area contributed by atoms with E-state index in [1.165, 1.54) is 6.07 Å². The van der Waals surface area contributed by atoms with Crippen LogP contribution in [-0.4, -0.2) is 34.6 Å². The van der Waals surface area contributed by atoms with Gasteiger partial charge in [-0.2, -0.15) is 0 Å². The summed E-state index contributed by atoms with van der Waals surface area (Å²) in [5.41, 5.74) is 4.18. The van der Waals surface area contributed by atoms with Crippen molar-refractivity contribution in [3.05, 3.63) is 87.0 Å². The molecule has 0 fully saturated rings. The fraction of sp³-hybridized carbons (Fsp3) is 0.0909. The summed E-state index contributed by atoms with van der Waals surface area (Å²) in [6.07, 6.45) is 3.52. The number of nitro benzene ring substituents is 1. The highest BCUT2D eigenvalue weighted by molar-refractivity contribution is 9.10. The lowest BCUT2D eigenvalue weighted by Crippen LogP contribution is -2.07. The van der Waals surface area contributed by atoms with Gasteiger partial charge in [-0.05, 0) is 51.8 Å². The number of rotatable bonds is 5. The number of aromatic nitrogens is 2. The van der Waals surface area contributed by atoms with Gasteiger partial charge in [0.05, 0.1) is 9.40 Å². The average molecular weight is 464 g/mol. The third-order valence-electron chi connectivity index (χ3n) is 4.66. The van der Waals surface area contributed by atoms with E-state index in [-0.39, 0.29) is 5.69 Å². The number of aliphatic imine (C=N–C) groups is 1. The number of fused-ring (bicyclic) bond motifs is 1. The van der Waals surface area contributed by atoms with Gasteiger partial charge in [0.2, 0.25) is 0 Å². The predicted octanol–water partition coefficient (Wildman–Crippen LogP) is 5.49. The molecule has 2 aromatic carbocycles. The monoisotopic (exact) mass is 463 g/mol. The molecule has 0 aliphatic rings. The Morgan fingerprint density at radius 2 is 1.90 bits per heavy atom. The predicted molar refractivity (Wildman–Crippen MR) is 123 cm³/mol. The first kappa shape index (κ1) is 19.8. The van der Waals surface area contributed by atoms with Crippen molar-refractivity contribution in [2.75, 3.05) is 19.0 Å². The van der Waals surface area contributed by atoms with Crippen LogP contribution in [0.2, 0.25) is 0 Å². The highest BCUT2D eigenvalue weighted by Gasteiger charge is 2.14. The second-order valence-electron chi connectivity index (χ2n) is 6.88. The third-order valence-corrected chi connectivity index (χ3v) is 5.34. The van der Waals surface area contributed by atoms with Crippen molar-refractivity contribution < 1.29 is 4.92 Å². The van der Waals surface area contributed by atoms with Gasteiger partial charge in [0.1, 0.15) is 11.3 Å². The molecule has 8 heteroatoms. The molecule has 0 saturated heterocycles. The number of pyridine rings is 1. The molecule has 150 valence electrons. The van der Waals surface area contributed by atoms with E-state index in [1.807, 2.05) is 72.1 Å². The van der Waals surface area contributed by atoms with Gasteiger partial charge in [-0.25, -0.2) is 9.98 Å². The SMILES string of the molecule is CN(C)c1ccc(-c2nc3ccccn3c2N=Cc2ccc(Br)c([N+](=O)[O-])c2)cc1. The number of benzene rings is 2. The lowest BCUT2D eigenvalue weighted by molar-refractivity contribution is -0.385. The van der Waals surface area contributed by atoms with Crippen molar-refractivity contribution in [2.45, 2.75) is 0 Å². The summed E-state index contributed by atoms with van der Waals surface area (Å²) >= 11 is 3.21. The third kappa shape index (κ3) is 3.81. The molecule has 0 aliphatic carbocycles. The number of nitrogens with zero attached hydrogens (tertiary/aromatic N) is 5. The minimum absolute atomic E-state index is 0.00316. The molecule has 0 saturated carbocycles. The van der Waals surface area contributed by atoms with E-state index in [0.29, 0.717) is 15.9 Å². The Hall–Kier alpha value is -3.52. The number of hydrogen-bond acceptors (Lipinski definition) is 5. The lowest BCUT2D eigenvalue weighted by atomic mass is 10.1. The first-order chi connectivity index (χ1) is 14.4. The van der Waals surface area contributed by atoms with E-state index in [4.69, 9.17) is 4.98 Å². The summed E-state index contributed by atoms with van der Waals surface area (Å²) in [6.45, 7) is 0. The first-order valence-electron chi connectivity index (χ1n) is 9.17. The van der Waals surface area contributed by atoms with Crippen LogP contribution in [0.15, 0.2) is 76.3 Å². The molecular formula is C22H18BrN5O2. The Balaban J connectivity index is 1.80. The van der Waals surface area contributed by atoms with Gasteiger partial charge in [-0.15, -0.1) is 0 Å². The molecule has 0 radical (unpaired) electrons. The van der Waals surface area contributed by atoms with Crippen molar-refractivity contribution in [1.29, 1.82) is 0 Å². The van der Waals surface area contributed by atoms with Crippen molar-refractivity contribution in [3.63, 3.8) is 0 Å². The van der Waals surface area contributed by atoms with Crippen LogP contribution in [0.3, 0.4) is 0 Å². The molecule has 4 aromatic rings. The van der Waals surface area contributed by atoms with Crippen molar-refractivity contribution >= 4 is 45.0 Å². The largest absolute Gasteiger partial charge is 0.378 e. The van der Waals surface area contributed by atoms with Crippen LogP contribution in [0.5, 0.6) is 0 Å². The molecule has 0 unspecified atom stereocenters. The van der Waals surface area contributed by atoms with E-state index in [0.717, 1.165) is 22.6 Å². The van der Waals surface area contributed by atoms with Crippen LogP contribution >= 0.6 is 15.9 Å². The highest BCUT2D eigenvalue weighted by Crippen LogP contribution is 2.32. The maximum absolute atomic E-state index is 11.2. The van der Waals surface area contributed by atoms with Gasteiger partial charge in [-0.1, -0.05) is 24.3 Å². The molecule has 0 bridgehead atoms. The molecule has 7 nitrogen and oxygen atoms in total. The van der Waals surface area contributed by atoms with Crippen molar-refractivity contribution in [3.8, 4) is 11.3 Å². The number of anilines is 1. The summed E-state index contributed by atoms with van der Waals surface area (Å²) in [7, 11) is 3.99. The lowest BCUT2D eigenvalue weighted by Gasteiger charge is -2.12. The first-order valence-corrected chi connectivity index (χ1v) is 9.96. The minimum Gasteiger partial charge on any atom is -0.378 e. The van der Waals surface area contributed by atoms with Crippen molar-refractivity contribution in [2.24, 2.45) is 4.99 Å². The standard InChI is InChI=1S/C22H18BrN5O2/c1-26(2)17-9-7-16(8-10-17)21-22(27-12-4-3-5-20(27)25-21)24-14-15-6-11-18(23)19(13-15)28(29)30/h3-14H,1-2H3. The number of imidazole rings is 1. The number of hydrogen-bond donors (Lipinski definition) is 0. The van der Waals surface area contributed by atoms with E-state index >= 15 is 0 Å². The van der Waals surface area contributed by atoms with E-state index < -0.39 is 4.92 Å². The molecule has 4 rings (SSSR count). The Labute approximate surface area is 181 Å². The highest BCUT2D eigenvalue weighted by atomic mass is 79.9. The zero-order chi connectivity index (χ0) is 21.3. The van der Waals surface area contributed by atoms with Gasteiger partial charge in [-0.3, -0.25) is 14.5 Å². The zero-order valence-corrected chi connectivity index (χ0v) is 17.9. The van der Waals surface area contributed by atoms with Crippen molar-refractivity contribution in [1.82, 2.24) is 9.38 Å². The molecular weight excluding hydrogens is 446 g/mol. The molecule has 0 aliphatic heterocycles. The summed E-state index contributed by atoms with van der Waals surface area (Å²) in [4.78, 5) is 22.2. The molecule has 0 atom stereocenters. The fourth-order valence-electron chi connectivity index (χ4n) is 3.10. The average Bonchev–Trinajstić information content (AvgIpc) is 3.11. The second kappa shape index (κ2) is 8.08. The number of nitro groups is 1. The van der Waals surface area contributed by atoms with Crippen LogP contribution in [-0.2, 0) is 0 Å².